The molecule has 0 radical (unpaired) electrons. The topological polar surface area (TPSA) is 194 Å². The number of aryl methyl sites for hydroxylation is 1. The van der Waals surface area contributed by atoms with Crippen LogP contribution in [0.15, 0.2) is 29.3 Å². The summed E-state index contributed by atoms with van der Waals surface area (Å²) in [4.78, 5) is 80.5. The summed E-state index contributed by atoms with van der Waals surface area (Å²) in [5.41, 5.74) is -3.06. The number of thiophene rings is 2. The summed E-state index contributed by atoms with van der Waals surface area (Å²) in [6.07, 6.45) is -1.10. The Bertz CT molecular complexity index is 1840. The van der Waals surface area contributed by atoms with E-state index < -0.39 is 71.0 Å². The third-order valence-corrected chi connectivity index (χ3v) is 8.66. The van der Waals surface area contributed by atoms with Crippen LogP contribution in [0.5, 0.6) is 11.5 Å². The van der Waals surface area contributed by atoms with Crippen LogP contribution in [0.25, 0.3) is 20.4 Å². The number of hydrogen-bond acceptors (Lipinski definition) is 10. The van der Waals surface area contributed by atoms with Crippen molar-refractivity contribution >= 4 is 98.6 Å². The van der Waals surface area contributed by atoms with Crippen LogP contribution in [-0.2, 0) is 16.6 Å². The lowest BCUT2D eigenvalue weighted by Gasteiger charge is -2.16. The Balaban J connectivity index is 2.02. The van der Waals surface area contributed by atoms with E-state index in [4.69, 9.17) is 15.1 Å². The van der Waals surface area contributed by atoms with Gasteiger partial charge in [0.15, 0.2) is 22.8 Å². The molecule has 4 N–H and O–H groups in total. The maximum absolute atomic E-state index is 13.5. The number of nitrogens with one attached hydrogen (secondary N) is 1. The molecule has 39 heavy (non-hydrogen) atoms. The number of Topliss-reactive ketones (excluding diaryl/α,β-unsaturated/α-hetero) is 1. The molecule has 1 amide bonds. The number of carboxylic acid groups (broad SMARTS) is 2. The Morgan fingerprint density at radius 2 is 1.54 bits per heavy atom. The van der Waals surface area contributed by atoms with Gasteiger partial charge < -0.3 is 30.0 Å². The molecule has 204 valence electrons. The second-order valence-electron chi connectivity index (χ2n) is 7.91. The molecule has 17 heteroatoms. The van der Waals surface area contributed by atoms with Crippen molar-refractivity contribution < 1.29 is 39.3 Å². The number of amides is 1. The van der Waals surface area contributed by atoms with Crippen LogP contribution in [0.3, 0.4) is 0 Å². The van der Waals surface area contributed by atoms with Gasteiger partial charge in [-0.15, -0.1) is 27.4 Å². The van der Waals surface area contributed by atoms with E-state index in [1.54, 1.807) is 6.07 Å². The molecule has 0 aliphatic carbocycles. The van der Waals surface area contributed by atoms with Crippen LogP contribution >= 0.6 is 54.5 Å². The number of carboxylic acids is 2. The molecular formula is C22H15Br2N3O10S2. The van der Waals surface area contributed by atoms with Crippen molar-refractivity contribution in [3.05, 3.63) is 51.5 Å². The summed E-state index contributed by atoms with van der Waals surface area (Å²) in [7, 11) is 1.41. The monoisotopic (exact) mass is 703 g/mol. The molecule has 4 aromatic heterocycles. The molecular weight excluding hydrogens is 690 g/mol. The molecule has 0 fully saturated rings. The maximum atomic E-state index is 13.5. The van der Waals surface area contributed by atoms with E-state index in [1.165, 1.54) is 17.7 Å². The predicted molar refractivity (Wildman–Crippen MR) is 147 cm³/mol. The van der Waals surface area contributed by atoms with Gasteiger partial charge in [-0.25, -0.2) is 0 Å². The second-order valence-corrected chi connectivity index (χ2v) is 12.8. The fourth-order valence-electron chi connectivity index (χ4n) is 3.66. The number of carbonyl (C=O) groups excluding carboxylic acids is 2. The van der Waals surface area contributed by atoms with Crippen molar-refractivity contribution in [3.8, 4) is 11.5 Å². The van der Waals surface area contributed by atoms with Gasteiger partial charge in [0.2, 0.25) is 0 Å². The zero-order valence-electron chi connectivity index (χ0n) is 19.4. The minimum atomic E-state index is -1.39. The predicted octanol–water partition coefficient (Wildman–Crippen LogP) is 2.91. The van der Waals surface area contributed by atoms with Crippen LogP contribution < -0.4 is 21.3 Å². The molecule has 0 saturated heterocycles. The number of fused-ring (bicyclic) bond motifs is 2. The zero-order valence-corrected chi connectivity index (χ0v) is 24.2. The lowest BCUT2D eigenvalue weighted by Crippen LogP contribution is -2.37. The van der Waals surface area contributed by atoms with Gasteiger partial charge in [-0.1, -0.05) is 0 Å². The van der Waals surface area contributed by atoms with Crippen molar-refractivity contribution in [2.45, 2.75) is 12.8 Å². The van der Waals surface area contributed by atoms with Crippen molar-refractivity contribution in [3.63, 3.8) is 0 Å². The maximum Gasteiger partial charge on any atom is 0.322 e. The number of nitrogens with zero attached hydrogens (tertiary/aromatic N) is 2. The van der Waals surface area contributed by atoms with Gasteiger partial charge in [0.1, 0.15) is 17.6 Å². The fraction of sp³-hybridized carbons (Fsp3) is 0.182. The molecule has 0 unspecified atom stereocenters. The average Bonchev–Trinajstić information content (AvgIpc) is 3.44. The molecule has 0 atom stereocenters. The highest BCUT2D eigenvalue weighted by molar-refractivity contribution is 9.11. The van der Waals surface area contributed by atoms with Gasteiger partial charge >= 0.3 is 17.5 Å². The molecule has 13 nitrogen and oxygen atoms in total. The number of aromatic nitrogens is 2. The Kier molecular flexibility index (Phi) is 7.97. The Morgan fingerprint density at radius 1 is 0.923 bits per heavy atom. The third kappa shape index (κ3) is 5.34. The average molecular weight is 705 g/mol. The molecule has 0 spiro atoms. The number of halogens is 2. The van der Waals surface area contributed by atoms with Crippen LogP contribution in [0.1, 0.15) is 33.6 Å². The summed E-state index contributed by atoms with van der Waals surface area (Å²) >= 11 is 8.56. The lowest BCUT2D eigenvalue weighted by atomic mass is 10.1. The smallest absolute Gasteiger partial charge is 0.322 e. The first-order valence-electron chi connectivity index (χ1n) is 10.6. The van der Waals surface area contributed by atoms with E-state index >= 15 is 0 Å². The van der Waals surface area contributed by atoms with E-state index in [0.717, 1.165) is 22.7 Å². The summed E-state index contributed by atoms with van der Waals surface area (Å²) in [6, 6.07) is 2.98. The minimum Gasteiger partial charge on any atom is -0.505 e. The summed E-state index contributed by atoms with van der Waals surface area (Å²) < 4.78 is 3.01. The molecule has 4 heterocycles. The van der Waals surface area contributed by atoms with Crippen molar-refractivity contribution in [2.75, 3.05) is 6.54 Å². The highest BCUT2D eigenvalue weighted by atomic mass is 79.9. The summed E-state index contributed by atoms with van der Waals surface area (Å²) in [5, 5.41) is 30.7. The number of rotatable bonds is 9. The van der Waals surface area contributed by atoms with Gasteiger partial charge in [-0.05, 0) is 44.0 Å². The first kappa shape index (κ1) is 28.5. The van der Waals surface area contributed by atoms with Crippen molar-refractivity contribution in [2.24, 2.45) is 7.05 Å². The van der Waals surface area contributed by atoms with Crippen LogP contribution in [-0.4, -0.2) is 54.8 Å². The lowest BCUT2D eigenvalue weighted by molar-refractivity contribution is -0.137. The molecule has 0 aromatic carbocycles. The van der Waals surface area contributed by atoms with Crippen molar-refractivity contribution in [1.82, 2.24) is 14.6 Å². The molecule has 0 aliphatic rings. The van der Waals surface area contributed by atoms with Crippen molar-refractivity contribution in [1.29, 1.82) is 0 Å². The number of hydrogen-bond donors (Lipinski definition) is 4. The highest BCUT2D eigenvalue weighted by Crippen LogP contribution is 2.40. The van der Waals surface area contributed by atoms with Crippen LogP contribution in [0, 0.1) is 0 Å². The van der Waals surface area contributed by atoms with Gasteiger partial charge in [-0.3, -0.25) is 28.8 Å². The minimum absolute atomic E-state index is 0.00754. The van der Waals surface area contributed by atoms with Gasteiger partial charge in [0.25, 0.3) is 11.5 Å². The third-order valence-electron chi connectivity index (χ3n) is 5.40. The van der Waals surface area contributed by atoms with E-state index in [0.29, 0.717) is 17.8 Å². The highest BCUT2D eigenvalue weighted by Gasteiger charge is 2.29. The van der Waals surface area contributed by atoms with Gasteiger partial charge in [-0.2, -0.15) is 0 Å². The SMILES string of the molecule is Cn1c(=O)c(C(=O)CCC(=O)O)c(On2c(=O)c(C(=O)NCC(=O)O)c(O)c3sc(Br)cc32)c2sc(Br)cc21. The summed E-state index contributed by atoms with van der Waals surface area (Å²) in [5.74, 6) is -5.79. The first-order chi connectivity index (χ1) is 18.3. The van der Waals surface area contributed by atoms with Crippen LogP contribution in [0.2, 0.25) is 0 Å². The molecule has 0 aliphatic heterocycles. The zero-order chi connectivity index (χ0) is 28.8. The molecule has 4 aromatic rings. The molecule has 0 bridgehead atoms. The fourth-order valence-corrected chi connectivity index (χ4v) is 6.77. The van der Waals surface area contributed by atoms with Gasteiger partial charge in [0.05, 0.1) is 28.9 Å². The van der Waals surface area contributed by atoms with E-state index in [1.807, 2.05) is 5.32 Å². The first-order valence-corrected chi connectivity index (χ1v) is 13.9. The summed E-state index contributed by atoms with van der Waals surface area (Å²) in [6.45, 7) is -0.842. The number of ketones is 1. The molecule has 4 rings (SSSR count). The second kappa shape index (κ2) is 10.9. The molecule has 0 saturated carbocycles. The van der Waals surface area contributed by atoms with E-state index in [-0.39, 0.29) is 20.7 Å². The Morgan fingerprint density at radius 3 is 2.15 bits per heavy atom. The Labute approximate surface area is 241 Å². The van der Waals surface area contributed by atoms with E-state index in [2.05, 4.69) is 31.9 Å². The van der Waals surface area contributed by atoms with Gasteiger partial charge in [0, 0.05) is 13.5 Å². The Hall–Kier alpha value is -3.54. The van der Waals surface area contributed by atoms with Crippen LogP contribution in [0.4, 0.5) is 0 Å². The largest absolute Gasteiger partial charge is 0.505 e. The quantitative estimate of drug-likeness (QED) is 0.188. The number of pyridine rings is 2. The number of aromatic hydroxyl groups is 1. The van der Waals surface area contributed by atoms with E-state index in [9.17, 15) is 33.9 Å². The number of aliphatic carboxylic acids is 2. The normalized spacial score (nSPS) is 11.2. The standard InChI is InChI=1S/C22H15Br2N3O10S2/c1-26-7-4-10(23)39-19(7)17(14(21(26)35)9(28)2-3-12(29)30)37-27-8-5-11(24)38-18(8)16(33)15(22(27)36)20(34)25-6-13(31)32/h4-5,33H,2-3,6H2,1H3,(H,25,34)(H,29,30)(H,31,32). The number of carbonyl (C=O) groups is 4.